The summed E-state index contributed by atoms with van der Waals surface area (Å²) >= 11 is 6.23. The minimum absolute atomic E-state index is 0.244. The highest BCUT2D eigenvalue weighted by Crippen LogP contribution is 2.28. The fraction of sp³-hybridized carbons (Fsp3) is 0.294. The number of hydrogen-bond acceptors (Lipinski definition) is 5. The molecule has 25 heavy (non-hydrogen) atoms. The normalized spacial score (nSPS) is 12.0. The number of thiazole rings is 1. The van der Waals surface area contributed by atoms with E-state index in [9.17, 15) is 4.79 Å². The number of thiophene rings is 1. The number of para-hydroxylation sites is 1. The van der Waals surface area contributed by atoms with Crippen molar-refractivity contribution in [3.05, 3.63) is 43.8 Å². The van der Waals surface area contributed by atoms with Gasteiger partial charge in [0.25, 0.3) is 5.91 Å². The van der Waals surface area contributed by atoms with E-state index in [0.717, 1.165) is 19.8 Å². The third-order valence-electron chi connectivity index (χ3n) is 3.46. The van der Waals surface area contributed by atoms with Crippen LogP contribution in [-0.2, 0) is 11.3 Å². The second-order valence-corrected chi connectivity index (χ2v) is 8.56. The molecule has 5 nitrogen and oxygen atoms in total. The molecule has 0 saturated carbocycles. The molecule has 0 bridgehead atoms. The van der Waals surface area contributed by atoms with Crippen LogP contribution in [0.25, 0.3) is 10.2 Å². The molecule has 0 aliphatic heterocycles. The van der Waals surface area contributed by atoms with Crippen LogP contribution >= 0.6 is 38.6 Å². The van der Waals surface area contributed by atoms with Gasteiger partial charge in [-0.2, -0.15) is 4.99 Å². The van der Waals surface area contributed by atoms with Crippen molar-refractivity contribution in [2.75, 3.05) is 20.3 Å². The van der Waals surface area contributed by atoms with Gasteiger partial charge in [0.2, 0.25) is 0 Å². The average molecular weight is 441 g/mol. The number of amides is 1. The van der Waals surface area contributed by atoms with Gasteiger partial charge in [0, 0.05) is 13.7 Å². The molecule has 1 amide bonds. The third-order valence-corrected chi connectivity index (χ3v) is 6.12. The number of aromatic nitrogens is 1. The van der Waals surface area contributed by atoms with E-state index in [1.165, 1.54) is 22.7 Å². The van der Waals surface area contributed by atoms with Gasteiger partial charge in [-0.3, -0.25) is 4.79 Å². The van der Waals surface area contributed by atoms with Crippen molar-refractivity contribution in [1.29, 1.82) is 0 Å². The number of nitrogens with zero attached hydrogens (tertiary/aromatic N) is 2. The van der Waals surface area contributed by atoms with Crippen LogP contribution in [0.1, 0.15) is 16.6 Å². The lowest BCUT2D eigenvalue weighted by Crippen LogP contribution is -2.19. The summed E-state index contributed by atoms with van der Waals surface area (Å²) in [5, 5.41) is 0. The first kappa shape index (κ1) is 18.3. The van der Waals surface area contributed by atoms with Crippen LogP contribution in [0.4, 0.5) is 0 Å². The predicted molar refractivity (Wildman–Crippen MR) is 105 cm³/mol. The summed E-state index contributed by atoms with van der Waals surface area (Å²) in [5.41, 5.74) is 0.949. The zero-order valence-corrected chi connectivity index (χ0v) is 17.0. The number of methoxy groups -OCH3 is 1. The lowest BCUT2D eigenvalue weighted by molar-refractivity contribution is 0.100. The largest absolute Gasteiger partial charge is 0.492 e. The summed E-state index contributed by atoms with van der Waals surface area (Å²) in [5.74, 6) is 0.548. The molecule has 0 fully saturated rings. The third kappa shape index (κ3) is 4.03. The number of carbonyl (C=O) groups is 1. The topological polar surface area (TPSA) is 52.8 Å². The molecule has 0 aliphatic rings. The zero-order chi connectivity index (χ0) is 17.8. The Kier molecular flexibility index (Phi) is 6.06. The van der Waals surface area contributed by atoms with Gasteiger partial charge in [0.1, 0.15) is 11.3 Å². The molecule has 0 saturated heterocycles. The molecule has 0 spiro atoms. The van der Waals surface area contributed by atoms with Crippen LogP contribution in [0.15, 0.2) is 39.1 Å². The summed E-state index contributed by atoms with van der Waals surface area (Å²) in [7, 11) is 1.66. The minimum Gasteiger partial charge on any atom is -0.492 e. The Hall–Kier alpha value is -1.48. The van der Waals surface area contributed by atoms with Crippen LogP contribution in [0.3, 0.4) is 0 Å². The first-order chi connectivity index (χ1) is 12.1. The Morgan fingerprint density at radius 3 is 2.80 bits per heavy atom. The number of fused-ring (bicyclic) bond motifs is 1. The van der Waals surface area contributed by atoms with Crippen LogP contribution in [0.5, 0.6) is 5.75 Å². The Bertz CT molecular complexity index is 958. The maximum atomic E-state index is 12.5. The summed E-state index contributed by atoms with van der Waals surface area (Å²) < 4.78 is 14.9. The maximum absolute atomic E-state index is 12.5. The summed E-state index contributed by atoms with van der Waals surface area (Å²) in [6, 6.07) is 9.52. The molecule has 8 heteroatoms. The molecule has 0 aliphatic carbocycles. The zero-order valence-electron chi connectivity index (χ0n) is 13.8. The van der Waals surface area contributed by atoms with Gasteiger partial charge in [-0.05, 0) is 47.1 Å². The molecule has 2 heterocycles. The lowest BCUT2D eigenvalue weighted by atomic mass is 10.3. The van der Waals surface area contributed by atoms with Crippen molar-refractivity contribution in [1.82, 2.24) is 4.57 Å². The predicted octanol–water partition coefficient (Wildman–Crippen LogP) is 4.31. The van der Waals surface area contributed by atoms with Gasteiger partial charge in [-0.25, -0.2) is 0 Å². The van der Waals surface area contributed by atoms with Gasteiger partial charge in [0.05, 0.1) is 26.6 Å². The summed E-state index contributed by atoms with van der Waals surface area (Å²) in [6.07, 6.45) is 0. The van der Waals surface area contributed by atoms with Crippen molar-refractivity contribution in [2.24, 2.45) is 4.99 Å². The number of hydrogen-bond donors (Lipinski definition) is 0. The lowest BCUT2D eigenvalue weighted by Gasteiger charge is -2.09. The van der Waals surface area contributed by atoms with Crippen molar-refractivity contribution in [3.8, 4) is 5.75 Å². The molecule has 2 aromatic heterocycles. The molecular weight excluding hydrogens is 424 g/mol. The number of carbonyl (C=O) groups excluding carboxylic acids is 1. The Balaban J connectivity index is 2.14. The molecule has 0 unspecified atom stereocenters. The van der Waals surface area contributed by atoms with Gasteiger partial charge in [-0.1, -0.05) is 17.4 Å². The van der Waals surface area contributed by atoms with E-state index in [2.05, 4.69) is 20.9 Å². The number of benzene rings is 1. The van der Waals surface area contributed by atoms with Crippen molar-refractivity contribution in [2.45, 2.75) is 13.5 Å². The van der Waals surface area contributed by atoms with Crippen LogP contribution in [0, 0.1) is 0 Å². The Morgan fingerprint density at radius 1 is 1.28 bits per heavy atom. The smallest absolute Gasteiger partial charge is 0.289 e. The second-order valence-electron chi connectivity index (χ2n) is 5.09. The molecular formula is C17H17BrN2O3S2. The van der Waals surface area contributed by atoms with Gasteiger partial charge in [-0.15, -0.1) is 11.3 Å². The highest BCUT2D eigenvalue weighted by atomic mass is 79.9. The fourth-order valence-electron chi connectivity index (χ4n) is 2.42. The molecule has 3 rings (SSSR count). The second kappa shape index (κ2) is 8.27. The quantitative estimate of drug-likeness (QED) is 0.573. The first-order valence-corrected chi connectivity index (χ1v) is 10.1. The number of ether oxygens (including phenoxy) is 2. The Labute approximate surface area is 161 Å². The van der Waals surface area contributed by atoms with Crippen molar-refractivity contribution in [3.63, 3.8) is 0 Å². The van der Waals surface area contributed by atoms with E-state index < -0.39 is 0 Å². The molecule has 0 N–H and O–H groups in total. The average Bonchev–Trinajstić information content (AvgIpc) is 3.17. The molecule has 1 aromatic carbocycles. The van der Waals surface area contributed by atoms with E-state index >= 15 is 0 Å². The van der Waals surface area contributed by atoms with E-state index in [-0.39, 0.29) is 5.91 Å². The highest BCUT2D eigenvalue weighted by molar-refractivity contribution is 9.11. The molecule has 0 radical (unpaired) electrons. The first-order valence-electron chi connectivity index (χ1n) is 7.72. The summed E-state index contributed by atoms with van der Waals surface area (Å²) in [6.45, 7) is 3.65. The standard InChI is InChI=1S/C17H17BrN2O3S2/c1-3-23-11-5-4-6-12-15(11)20(9-10-22-2)17(25-12)19-16(21)13-7-8-14(18)24-13/h4-8H,3,9-10H2,1-2H3. The summed E-state index contributed by atoms with van der Waals surface area (Å²) in [4.78, 5) is 18.1. The molecule has 132 valence electrons. The monoisotopic (exact) mass is 440 g/mol. The van der Waals surface area contributed by atoms with Crippen LogP contribution < -0.4 is 9.54 Å². The number of halogens is 1. The minimum atomic E-state index is -0.244. The van der Waals surface area contributed by atoms with E-state index in [0.29, 0.717) is 29.4 Å². The van der Waals surface area contributed by atoms with Gasteiger partial charge >= 0.3 is 0 Å². The van der Waals surface area contributed by atoms with Crippen LogP contribution in [-0.4, -0.2) is 30.8 Å². The van der Waals surface area contributed by atoms with Gasteiger partial charge in [0.15, 0.2) is 4.80 Å². The molecule has 0 atom stereocenters. The van der Waals surface area contributed by atoms with Crippen molar-refractivity contribution < 1.29 is 14.3 Å². The van der Waals surface area contributed by atoms with Crippen molar-refractivity contribution >= 4 is 54.7 Å². The van der Waals surface area contributed by atoms with E-state index in [4.69, 9.17) is 9.47 Å². The number of rotatable bonds is 6. The Morgan fingerprint density at radius 2 is 2.12 bits per heavy atom. The fourth-order valence-corrected chi connectivity index (χ4v) is 4.76. The van der Waals surface area contributed by atoms with E-state index in [1.807, 2.05) is 35.8 Å². The maximum Gasteiger partial charge on any atom is 0.289 e. The van der Waals surface area contributed by atoms with E-state index in [1.54, 1.807) is 13.2 Å². The molecule has 3 aromatic rings. The van der Waals surface area contributed by atoms with Gasteiger partial charge < -0.3 is 14.0 Å². The SMILES string of the molecule is CCOc1cccc2sc(=NC(=O)c3ccc(Br)s3)n(CCOC)c12. The highest BCUT2D eigenvalue weighted by Gasteiger charge is 2.14. The van der Waals surface area contributed by atoms with Crippen LogP contribution in [0.2, 0.25) is 0 Å².